The summed E-state index contributed by atoms with van der Waals surface area (Å²) in [5, 5.41) is 3.51. The van der Waals surface area contributed by atoms with Crippen molar-refractivity contribution in [3.8, 4) is 5.75 Å². The number of hydrogen-bond donors (Lipinski definition) is 1. The number of hydrogen-bond acceptors (Lipinski definition) is 3. The lowest BCUT2D eigenvalue weighted by Gasteiger charge is -2.22. The van der Waals surface area contributed by atoms with Gasteiger partial charge in [-0.1, -0.05) is 13.3 Å². The molecule has 19 heavy (non-hydrogen) atoms. The second kappa shape index (κ2) is 5.81. The average molecular weight is 260 g/mol. The van der Waals surface area contributed by atoms with Crippen LogP contribution in [0.2, 0.25) is 0 Å². The molecule has 2 saturated carbocycles. The highest BCUT2D eigenvalue weighted by Gasteiger charge is 2.39. The van der Waals surface area contributed by atoms with Gasteiger partial charge in [-0.2, -0.15) is 0 Å². The van der Waals surface area contributed by atoms with Crippen LogP contribution in [-0.4, -0.2) is 18.1 Å². The maximum atomic E-state index is 5.74. The first-order valence-electron chi connectivity index (χ1n) is 7.68. The summed E-state index contributed by atoms with van der Waals surface area (Å²) in [5.74, 6) is 4.63. The lowest BCUT2D eigenvalue weighted by Crippen LogP contribution is -2.20. The smallest absolute Gasteiger partial charge is 0.168 e. The van der Waals surface area contributed by atoms with Gasteiger partial charge >= 0.3 is 0 Å². The molecule has 1 aromatic rings. The van der Waals surface area contributed by atoms with Crippen LogP contribution in [0.5, 0.6) is 5.75 Å². The van der Waals surface area contributed by atoms with E-state index in [1.165, 1.54) is 25.7 Å². The Kier molecular flexibility index (Phi) is 3.90. The minimum Gasteiger partial charge on any atom is -0.490 e. The molecule has 0 spiro atoms. The Labute approximate surface area is 115 Å². The molecular formula is C16H24N2O. The summed E-state index contributed by atoms with van der Waals surface area (Å²) in [6, 6.07) is 3.94. The fourth-order valence-corrected chi connectivity index (χ4v) is 3.71. The van der Waals surface area contributed by atoms with Crippen molar-refractivity contribution in [2.75, 3.05) is 18.5 Å². The Balaban J connectivity index is 1.57. The number of anilines is 1. The molecule has 3 unspecified atom stereocenters. The highest BCUT2D eigenvalue weighted by Crippen LogP contribution is 2.48. The largest absolute Gasteiger partial charge is 0.490 e. The van der Waals surface area contributed by atoms with Crippen LogP contribution >= 0.6 is 0 Å². The summed E-state index contributed by atoms with van der Waals surface area (Å²) < 4.78 is 5.74. The zero-order valence-electron chi connectivity index (χ0n) is 11.8. The Hall–Kier alpha value is -1.25. The molecule has 104 valence electrons. The van der Waals surface area contributed by atoms with E-state index in [0.29, 0.717) is 0 Å². The van der Waals surface area contributed by atoms with E-state index in [2.05, 4.69) is 17.2 Å². The lowest BCUT2D eigenvalue weighted by atomic mass is 9.89. The summed E-state index contributed by atoms with van der Waals surface area (Å²) in [6.07, 6.45) is 8.65. The van der Waals surface area contributed by atoms with Gasteiger partial charge in [-0.25, -0.2) is 4.98 Å². The van der Waals surface area contributed by atoms with Gasteiger partial charge in [0, 0.05) is 12.7 Å². The van der Waals surface area contributed by atoms with Gasteiger partial charge in [0.05, 0.1) is 6.61 Å². The topological polar surface area (TPSA) is 34.1 Å². The molecule has 3 rings (SSSR count). The molecule has 3 heteroatoms. The number of pyridine rings is 1. The highest BCUT2D eigenvalue weighted by molar-refractivity contribution is 5.49. The van der Waals surface area contributed by atoms with Crippen LogP contribution in [-0.2, 0) is 0 Å². The first-order valence-corrected chi connectivity index (χ1v) is 7.68. The second-order valence-electron chi connectivity index (χ2n) is 6.01. The summed E-state index contributed by atoms with van der Waals surface area (Å²) in [7, 11) is 0. The molecule has 2 aliphatic rings. The SMILES string of the molecule is CCCOc1cccnc1NCC1CC2CCC1C2. The van der Waals surface area contributed by atoms with Crippen molar-refractivity contribution >= 4 is 5.82 Å². The van der Waals surface area contributed by atoms with Gasteiger partial charge in [-0.15, -0.1) is 0 Å². The fraction of sp³-hybridized carbons (Fsp3) is 0.688. The van der Waals surface area contributed by atoms with Gasteiger partial charge in [-0.05, 0) is 55.6 Å². The molecule has 0 radical (unpaired) electrons. The fourth-order valence-electron chi connectivity index (χ4n) is 3.71. The van der Waals surface area contributed by atoms with Crippen LogP contribution in [0.4, 0.5) is 5.82 Å². The zero-order chi connectivity index (χ0) is 13.1. The number of nitrogens with one attached hydrogen (secondary N) is 1. The van der Waals surface area contributed by atoms with Crippen molar-refractivity contribution in [1.29, 1.82) is 0 Å². The summed E-state index contributed by atoms with van der Waals surface area (Å²) >= 11 is 0. The van der Waals surface area contributed by atoms with E-state index in [9.17, 15) is 0 Å². The molecule has 0 aromatic carbocycles. The van der Waals surface area contributed by atoms with Crippen LogP contribution in [0.25, 0.3) is 0 Å². The van der Waals surface area contributed by atoms with E-state index < -0.39 is 0 Å². The average Bonchev–Trinajstić information content (AvgIpc) is 3.06. The Bertz CT molecular complexity index is 421. The van der Waals surface area contributed by atoms with Gasteiger partial charge in [0.25, 0.3) is 0 Å². The van der Waals surface area contributed by atoms with E-state index >= 15 is 0 Å². The van der Waals surface area contributed by atoms with E-state index in [1.807, 2.05) is 18.3 Å². The minimum absolute atomic E-state index is 0.758. The van der Waals surface area contributed by atoms with Crippen molar-refractivity contribution in [2.24, 2.45) is 17.8 Å². The van der Waals surface area contributed by atoms with Crippen LogP contribution in [0, 0.1) is 17.8 Å². The quantitative estimate of drug-likeness (QED) is 0.846. The lowest BCUT2D eigenvalue weighted by molar-refractivity contribution is 0.316. The third kappa shape index (κ3) is 2.85. The first kappa shape index (κ1) is 12.8. The van der Waals surface area contributed by atoms with E-state index in [1.54, 1.807) is 0 Å². The predicted molar refractivity (Wildman–Crippen MR) is 77.5 cm³/mol. The third-order valence-electron chi connectivity index (χ3n) is 4.65. The first-order chi connectivity index (χ1) is 9.36. The molecular weight excluding hydrogens is 236 g/mol. The van der Waals surface area contributed by atoms with Crippen molar-refractivity contribution in [1.82, 2.24) is 4.98 Å². The number of aromatic nitrogens is 1. The van der Waals surface area contributed by atoms with Gasteiger partial charge < -0.3 is 10.1 Å². The monoisotopic (exact) mass is 260 g/mol. The molecule has 0 saturated heterocycles. The Morgan fingerprint density at radius 3 is 3.05 bits per heavy atom. The van der Waals surface area contributed by atoms with Crippen LogP contribution in [0.1, 0.15) is 39.0 Å². The summed E-state index contributed by atoms with van der Waals surface area (Å²) in [5.41, 5.74) is 0. The van der Waals surface area contributed by atoms with Gasteiger partial charge in [0.15, 0.2) is 11.6 Å². The van der Waals surface area contributed by atoms with Crippen LogP contribution in [0.15, 0.2) is 18.3 Å². The molecule has 2 fully saturated rings. The summed E-state index contributed by atoms with van der Waals surface area (Å²) in [4.78, 5) is 4.42. The molecule has 2 aliphatic carbocycles. The van der Waals surface area contributed by atoms with Crippen molar-refractivity contribution in [3.05, 3.63) is 18.3 Å². The maximum Gasteiger partial charge on any atom is 0.168 e. The molecule has 1 N–H and O–H groups in total. The standard InChI is InChI=1S/C16H24N2O/c1-2-8-19-15-4-3-7-17-16(15)18-11-14-10-12-5-6-13(14)9-12/h3-4,7,12-14H,2,5-6,8-11H2,1H3,(H,17,18). The van der Waals surface area contributed by atoms with E-state index in [4.69, 9.17) is 4.74 Å². The van der Waals surface area contributed by atoms with Crippen molar-refractivity contribution in [2.45, 2.75) is 39.0 Å². The third-order valence-corrected chi connectivity index (χ3v) is 4.65. The second-order valence-corrected chi connectivity index (χ2v) is 6.01. The predicted octanol–water partition coefficient (Wildman–Crippen LogP) is 3.72. The number of nitrogens with zero attached hydrogens (tertiary/aromatic N) is 1. The molecule has 2 bridgehead atoms. The van der Waals surface area contributed by atoms with Crippen molar-refractivity contribution in [3.63, 3.8) is 0 Å². The van der Waals surface area contributed by atoms with E-state index in [0.717, 1.165) is 48.9 Å². The molecule has 0 aliphatic heterocycles. The minimum atomic E-state index is 0.758. The van der Waals surface area contributed by atoms with Gasteiger partial charge in [0.2, 0.25) is 0 Å². The Morgan fingerprint density at radius 1 is 1.37 bits per heavy atom. The maximum absolute atomic E-state index is 5.74. The van der Waals surface area contributed by atoms with Gasteiger partial charge in [0.1, 0.15) is 0 Å². The number of ether oxygens (including phenoxy) is 1. The van der Waals surface area contributed by atoms with Crippen LogP contribution < -0.4 is 10.1 Å². The number of fused-ring (bicyclic) bond motifs is 2. The normalized spacial score (nSPS) is 28.6. The number of rotatable bonds is 6. The molecule has 3 atom stereocenters. The van der Waals surface area contributed by atoms with Crippen molar-refractivity contribution < 1.29 is 4.74 Å². The Morgan fingerprint density at radius 2 is 2.32 bits per heavy atom. The zero-order valence-corrected chi connectivity index (χ0v) is 11.8. The highest BCUT2D eigenvalue weighted by atomic mass is 16.5. The summed E-state index contributed by atoms with van der Waals surface area (Å²) in [6.45, 7) is 3.94. The van der Waals surface area contributed by atoms with E-state index in [-0.39, 0.29) is 0 Å². The molecule has 0 amide bonds. The van der Waals surface area contributed by atoms with Gasteiger partial charge in [-0.3, -0.25) is 0 Å². The molecule has 1 heterocycles. The molecule has 1 aromatic heterocycles. The molecule has 3 nitrogen and oxygen atoms in total. The van der Waals surface area contributed by atoms with Crippen LogP contribution in [0.3, 0.4) is 0 Å².